The highest BCUT2D eigenvalue weighted by atomic mass is 32.2. The minimum absolute atomic E-state index is 0.0642. The largest absolute Gasteiger partial charge is 0.352 e. The average Bonchev–Trinajstić information content (AvgIpc) is 3.56. The number of carbonyl (C=O) groups excluding carboxylic acids is 2. The molecule has 5 rings (SSSR count). The lowest BCUT2D eigenvalue weighted by molar-refractivity contribution is -0.140. The van der Waals surface area contributed by atoms with Crippen molar-refractivity contribution < 1.29 is 18.0 Å². The molecule has 1 unspecified atom stereocenters. The lowest BCUT2D eigenvalue weighted by Crippen LogP contribution is -2.54. The van der Waals surface area contributed by atoms with Crippen molar-refractivity contribution in [1.82, 2.24) is 10.2 Å². The number of sulfonamides is 1. The zero-order chi connectivity index (χ0) is 31.8. The van der Waals surface area contributed by atoms with Gasteiger partial charge in [-0.25, -0.2) is 8.42 Å². The SMILES string of the molecule is Cc1ccc(CN(C(=O)CN(c2cccc(C)c2)S(=O)(=O)c2ccccc2)C(Cc2ccccc2)C(=O)NC2CCCC2)cc1. The molecule has 1 fully saturated rings. The van der Waals surface area contributed by atoms with Gasteiger partial charge in [-0.05, 0) is 67.6 Å². The smallest absolute Gasteiger partial charge is 0.264 e. The molecular formula is C37H41N3O4S. The van der Waals surface area contributed by atoms with Crippen molar-refractivity contribution in [1.29, 1.82) is 0 Å². The molecular weight excluding hydrogens is 582 g/mol. The average molecular weight is 624 g/mol. The van der Waals surface area contributed by atoms with Gasteiger partial charge in [0.2, 0.25) is 11.8 Å². The van der Waals surface area contributed by atoms with Crippen molar-refractivity contribution in [3.63, 3.8) is 0 Å². The van der Waals surface area contributed by atoms with E-state index in [2.05, 4.69) is 5.32 Å². The molecule has 0 spiro atoms. The Morgan fingerprint density at radius 1 is 0.778 bits per heavy atom. The summed E-state index contributed by atoms with van der Waals surface area (Å²) in [4.78, 5) is 30.3. The Bertz CT molecular complexity index is 1690. The number of anilines is 1. The normalized spacial score (nSPS) is 14.1. The van der Waals surface area contributed by atoms with Crippen LogP contribution in [0.1, 0.15) is 47.9 Å². The summed E-state index contributed by atoms with van der Waals surface area (Å²) in [6, 6.07) is 31.9. The van der Waals surface area contributed by atoms with Crippen molar-refractivity contribution >= 4 is 27.5 Å². The summed E-state index contributed by atoms with van der Waals surface area (Å²) in [6.07, 6.45) is 4.23. The van der Waals surface area contributed by atoms with Crippen LogP contribution >= 0.6 is 0 Å². The highest BCUT2D eigenvalue weighted by molar-refractivity contribution is 7.92. The van der Waals surface area contributed by atoms with Gasteiger partial charge in [-0.15, -0.1) is 0 Å². The molecule has 0 bridgehead atoms. The minimum Gasteiger partial charge on any atom is -0.352 e. The number of benzene rings is 4. The molecule has 0 aromatic heterocycles. The fraction of sp³-hybridized carbons (Fsp3) is 0.297. The first-order valence-electron chi connectivity index (χ1n) is 15.5. The molecule has 1 aliphatic carbocycles. The van der Waals surface area contributed by atoms with Crippen LogP contribution in [0.25, 0.3) is 0 Å². The fourth-order valence-electron chi connectivity index (χ4n) is 5.84. The third kappa shape index (κ3) is 8.19. The van der Waals surface area contributed by atoms with Crippen molar-refractivity contribution in [3.8, 4) is 0 Å². The van der Waals surface area contributed by atoms with Gasteiger partial charge in [-0.1, -0.05) is 103 Å². The predicted molar refractivity (Wildman–Crippen MR) is 178 cm³/mol. The van der Waals surface area contributed by atoms with Crippen molar-refractivity contribution in [2.75, 3.05) is 10.8 Å². The zero-order valence-electron chi connectivity index (χ0n) is 25.9. The Labute approximate surface area is 266 Å². The van der Waals surface area contributed by atoms with Gasteiger partial charge in [-0.3, -0.25) is 13.9 Å². The van der Waals surface area contributed by atoms with Crippen LogP contribution in [-0.4, -0.2) is 43.8 Å². The zero-order valence-corrected chi connectivity index (χ0v) is 26.7. The maximum Gasteiger partial charge on any atom is 0.264 e. The molecule has 2 amide bonds. The van der Waals surface area contributed by atoms with Gasteiger partial charge >= 0.3 is 0 Å². The topological polar surface area (TPSA) is 86.8 Å². The molecule has 45 heavy (non-hydrogen) atoms. The highest BCUT2D eigenvalue weighted by Crippen LogP contribution is 2.26. The molecule has 0 radical (unpaired) electrons. The molecule has 1 saturated carbocycles. The second kappa shape index (κ2) is 14.6. The quantitative estimate of drug-likeness (QED) is 0.204. The Balaban J connectivity index is 1.56. The van der Waals surface area contributed by atoms with E-state index < -0.39 is 28.5 Å². The standard InChI is InChI=1S/C37H41N3O4S/c1-28-20-22-31(23-21-28)26-39(35(25-30-13-5-3-6-14-30)37(42)38-32-15-9-10-16-32)36(41)27-40(33-17-11-12-29(2)24-33)45(43,44)34-18-7-4-8-19-34/h3-8,11-14,17-24,32,35H,9-10,15-16,25-27H2,1-2H3,(H,38,42). The molecule has 1 atom stereocenters. The van der Waals surface area contributed by atoms with Crippen LogP contribution < -0.4 is 9.62 Å². The number of amides is 2. The number of nitrogens with one attached hydrogen (secondary N) is 1. The Morgan fingerprint density at radius 2 is 1.42 bits per heavy atom. The molecule has 8 heteroatoms. The summed E-state index contributed by atoms with van der Waals surface area (Å²) in [5.41, 5.74) is 4.10. The second-order valence-corrected chi connectivity index (χ2v) is 13.7. The Hall–Kier alpha value is -4.43. The summed E-state index contributed by atoms with van der Waals surface area (Å²) < 4.78 is 29.4. The Kier molecular flexibility index (Phi) is 10.4. The van der Waals surface area contributed by atoms with E-state index in [1.165, 1.54) is 12.1 Å². The van der Waals surface area contributed by atoms with E-state index in [1.807, 2.05) is 74.5 Å². The lowest BCUT2D eigenvalue weighted by atomic mass is 10.0. The first-order valence-corrected chi connectivity index (χ1v) is 17.0. The van der Waals surface area contributed by atoms with Crippen molar-refractivity contribution in [2.24, 2.45) is 0 Å². The first-order chi connectivity index (χ1) is 21.7. The Morgan fingerprint density at radius 3 is 2.07 bits per heavy atom. The van der Waals surface area contributed by atoms with Gasteiger partial charge in [0.25, 0.3) is 10.0 Å². The number of carbonyl (C=O) groups is 2. The molecule has 1 N–H and O–H groups in total. The number of hydrogen-bond donors (Lipinski definition) is 1. The first kappa shape index (κ1) is 32.0. The summed E-state index contributed by atoms with van der Waals surface area (Å²) in [5, 5.41) is 3.21. The van der Waals surface area contributed by atoms with E-state index in [4.69, 9.17) is 0 Å². The highest BCUT2D eigenvalue weighted by Gasteiger charge is 2.35. The van der Waals surface area contributed by atoms with Crippen molar-refractivity contribution in [2.45, 2.75) is 69.5 Å². The number of hydrogen-bond acceptors (Lipinski definition) is 4. The summed E-state index contributed by atoms with van der Waals surface area (Å²) in [6.45, 7) is 3.57. The van der Waals surface area contributed by atoms with Gasteiger partial charge in [0.05, 0.1) is 10.6 Å². The molecule has 7 nitrogen and oxygen atoms in total. The minimum atomic E-state index is -4.12. The third-order valence-corrected chi connectivity index (χ3v) is 10.1. The van der Waals surface area contributed by atoms with Gasteiger partial charge < -0.3 is 10.2 Å². The van der Waals surface area contributed by atoms with E-state index in [0.717, 1.165) is 52.2 Å². The van der Waals surface area contributed by atoms with Crippen LogP contribution in [0.3, 0.4) is 0 Å². The van der Waals surface area contributed by atoms with Crippen LogP contribution in [0.15, 0.2) is 114 Å². The molecule has 1 aliphatic rings. The lowest BCUT2D eigenvalue weighted by Gasteiger charge is -2.34. The molecule has 0 aliphatic heterocycles. The molecule has 0 saturated heterocycles. The van der Waals surface area contributed by atoms with Crippen LogP contribution in [0, 0.1) is 13.8 Å². The van der Waals surface area contributed by atoms with Crippen molar-refractivity contribution in [3.05, 3.63) is 131 Å². The van der Waals surface area contributed by atoms with Crippen LogP contribution in [0.2, 0.25) is 0 Å². The van der Waals surface area contributed by atoms with Crippen LogP contribution in [-0.2, 0) is 32.6 Å². The maximum absolute atomic E-state index is 14.6. The third-order valence-electron chi connectivity index (χ3n) is 8.35. The van der Waals surface area contributed by atoms with E-state index >= 15 is 0 Å². The second-order valence-electron chi connectivity index (χ2n) is 11.9. The number of aryl methyl sites for hydroxylation is 2. The maximum atomic E-state index is 14.6. The number of rotatable bonds is 12. The van der Waals surface area contributed by atoms with Gasteiger partial charge in [-0.2, -0.15) is 0 Å². The van der Waals surface area contributed by atoms with Gasteiger partial charge in [0.1, 0.15) is 12.6 Å². The number of nitrogens with zero attached hydrogens (tertiary/aromatic N) is 2. The van der Waals surface area contributed by atoms with Gasteiger partial charge in [0.15, 0.2) is 0 Å². The summed E-state index contributed by atoms with van der Waals surface area (Å²) in [5.74, 6) is -0.682. The molecule has 4 aromatic rings. The predicted octanol–water partition coefficient (Wildman–Crippen LogP) is 6.20. The van der Waals surface area contributed by atoms with E-state index in [9.17, 15) is 18.0 Å². The molecule has 234 valence electrons. The summed E-state index contributed by atoms with van der Waals surface area (Å²) in [7, 11) is -4.12. The van der Waals surface area contributed by atoms with E-state index in [-0.39, 0.29) is 23.4 Å². The monoisotopic (exact) mass is 623 g/mol. The fourth-order valence-corrected chi connectivity index (χ4v) is 7.27. The van der Waals surface area contributed by atoms with Gasteiger partial charge in [0, 0.05) is 19.0 Å². The van der Waals surface area contributed by atoms with Crippen LogP contribution in [0.5, 0.6) is 0 Å². The summed E-state index contributed by atoms with van der Waals surface area (Å²) >= 11 is 0. The molecule has 0 heterocycles. The van der Waals surface area contributed by atoms with E-state index in [1.54, 1.807) is 41.3 Å². The van der Waals surface area contributed by atoms with E-state index in [0.29, 0.717) is 12.1 Å². The molecule has 4 aromatic carbocycles. The van der Waals surface area contributed by atoms with Crippen LogP contribution in [0.4, 0.5) is 5.69 Å².